The average molecular weight is 735 g/mol. The number of Topliss-reactive ketones (excluding diaryl/α,β-unsaturated/α-hetero) is 1. The first-order valence-electron chi connectivity index (χ1n) is 19.8. The molecule has 0 aliphatic rings. The van der Waals surface area contributed by atoms with E-state index in [1.54, 1.807) is 6.07 Å². The first-order valence-corrected chi connectivity index (χ1v) is 19.8. The number of phenols is 2. The first kappa shape index (κ1) is 44.0. The van der Waals surface area contributed by atoms with E-state index in [1.165, 1.54) is 51.6 Å². The molecule has 5 heteroatoms. The van der Waals surface area contributed by atoms with Crippen molar-refractivity contribution in [2.45, 2.75) is 138 Å². The van der Waals surface area contributed by atoms with Crippen LogP contribution in [0.2, 0.25) is 0 Å². The third kappa shape index (κ3) is 10.0. The number of rotatable bonds is 14. The molecule has 5 nitrogen and oxygen atoms in total. The van der Waals surface area contributed by atoms with E-state index in [1.807, 2.05) is 46.8 Å². The second kappa shape index (κ2) is 18.8. The Balaban J connectivity index is 0.000000291. The van der Waals surface area contributed by atoms with Gasteiger partial charge in [0.15, 0.2) is 0 Å². The molecule has 4 rings (SSSR count). The number of benzene rings is 4. The second-order valence-electron chi connectivity index (χ2n) is 16.1. The molecule has 0 amide bonds. The van der Waals surface area contributed by atoms with Crippen molar-refractivity contribution in [2.24, 2.45) is 5.41 Å². The van der Waals surface area contributed by atoms with E-state index in [2.05, 4.69) is 96.1 Å². The highest BCUT2D eigenvalue weighted by atomic mass is 16.5. The molecule has 0 bridgehead atoms. The van der Waals surface area contributed by atoms with Crippen molar-refractivity contribution < 1.29 is 24.5 Å². The zero-order chi connectivity index (χ0) is 40.4. The summed E-state index contributed by atoms with van der Waals surface area (Å²) in [5.74, 6) is 0.820. The van der Waals surface area contributed by atoms with Crippen molar-refractivity contribution in [3.05, 3.63) is 128 Å². The molecule has 4 aromatic carbocycles. The molecular weight excluding hydrogens is 669 g/mol. The normalized spacial score (nSPS) is 11.9. The number of ketones is 1. The number of esters is 1. The van der Waals surface area contributed by atoms with Crippen LogP contribution in [0.25, 0.3) is 0 Å². The van der Waals surface area contributed by atoms with E-state index < -0.39 is 0 Å². The smallest absolute Gasteiger partial charge is 0.305 e. The van der Waals surface area contributed by atoms with Crippen LogP contribution in [-0.4, -0.2) is 29.1 Å². The molecule has 292 valence electrons. The molecule has 0 heterocycles. The van der Waals surface area contributed by atoms with Gasteiger partial charge in [-0.2, -0.15) is 0 Å². The van der Waals surface area contributed by atoms with Gasteiger partial charge in [0.25, 0.3) is 0 Å². The van der Waals surface area contributed by atoms with Crippen LogP contribution >= 0.6 is 0 Å². The summed E-state index contributed by atoms with van der Waals surface area (Å²) in [6.07, 6.45) is 6.44. The van der Waals surface area contributed by atoms with Crippen molar-refractivity contribution in [3.63, 3.8) is 0 Å². The minimum absolute atomic E-state index is 0.0665. The molecule has 0 atom stereocenters. The van der Waals surface area contributed by atoms with Crippen LogP contribution in [0, 0.1) is 33.1 Å². The van der Waals surface area contributed by atoms with Gasteiger partial charge in [0.1, 0.15) is 17.3 Å². The maximum absolute atomic E-state index is 12.3. The van der Waals surface area contributed by atoms with Gasteiger partial charge in [0, 0.05) is 29.1 Å². The Hall–Kier alpha value is -4.38. The van der Waals surface area contributed by atoms with Gasteiger partial charge in [-0.3, -0.25) is 9.59 Å². The zero-order valence-corrected chi connectivity index (χ0v) is 35.2. The van der Waals surface area contributed by atoms with Crippen molar-refractivity contribution in [2.75, 3.05) is 7.11 Å². The van der Waals surface area contributed by atoms with Gasteiger partial charge in [-0.05, 0) is 134 Å². The third-order valence-electron chi connectivity index (χ3n) is 12.0. The molecule has 54 heavy (non-hydrogen) atoms. The Labute approximate surface area is 326 Å². The van der Waals surface area contributed by atoms with Crippen molar-refractivity contribution >= 4 is 11.8 Å². The summed E-state index contributed by atoms with van der Waals surface area (Å²) in [6.45, 7) is 23.0. The molecular formula is C49H66O5. The van der Waals surface area contributed by atoms with Gasteiger partial charge >= 0.3 is 5.97 Å². The lowest BCUT2D eigenvalue weighted by Gasteiger charge is -2.34. The molecule has 0 aliphatic carbocycles. The van der Waals surface area contributed by atoms with Crippen LogP contribution in [0.15, 0.2) is 72.8 Å². The van der Waals surface area contributed by atoms with E-state index >= 15 is 0 Å². The van der Waals surface area contributed by atoms with Gasteiger partial charge in [-0.15, -0.1) is 0 Å². The molecule has 0 radical (unpaired) electrons. The van der Waals surface area contributed by atoms with Gasteiger partial charge in [0.2, 0.25) is 0 Å². The quantitative estimate of drug-likeness (QED) is 0.126. The van der Waals surface area contributed by atoms with Crippen LogP contribution < -0.4 is 0 Å². The summed E-state index contributed by atoms with van der Waals surface area (Å²) in [5, 5.41) is 19.8. The van der Waals surface area contributed by atoms with E-state index in [0.29, 0.717) is 36.5 Å². The second-order valence-corrected chi connectivity index (χ2v) is 16.1. The van der Waals surface area contributed by atoms with Crippen LogP contribution in [0.1, 0.15) is 143 Å². The number of phenolic OH excluding ortho intramolecular Hbond substituents is 2. The Morgan fingerprint density at radius 1 is 0.537 bits per heavy atom. The molecule has 0 saturated heterocycles. The number of aromatic hydroxyl groups is 2. The van der Waals surface area contributed by atoms with Crippen molar-refractivity contribution in [3.8, 4) is 11.5 Å². The zero-order valence-electron chi connectivity index (χ0n) is 35.2. The van der Waals surface area contributed by atoms with Gasteiger partial charge in [0.05, 0.1) is 7.11 Å². The van der Waals surface area contributed by atoms with Crippen molar-refractivity contribution in [1.29, 1.82) is 0 Å². The maximum Gasteiger partial charge on any atom is 0.305 e. The summed E-state index contributed by atoms with van der Waals surface area (Å²) < 4.78 is 4.74. The Kier molecular flexibility index (Phi) is 15.3. The lowest BCUT2D eigenvalue weighted by molar-refractivity contribution is -0.140. The summed E-state index contributed by atoms with van der Waals surface area (Å²) in [5.41, 5.74) is 11.4. The SMILES string of the molecule is CCC(CC)(c1ccc(O)c(C)c1)c1ccc(CCC(=O)C(C)(C)C)c(C)c1.CCC(CC)(c1ccc(O)c(C)c1)c1ccc(CCC(=O)OC)c(C)c1. The molecule has 0 fully saturated rings. The fourth-order valence-corrected chi connectivity index (χ4v) is 7.88. The predicted molar refractivity (Wildman–Crippen MR) is 224 cm³/mol. The fraction of sp³-hybridized carbons (Fsp3) is 0.469. The molecule has 4 aromatic rings. The van der Waals surface area contributed by atoms with Gasteiger partial charge in [-0.25, -0.2) is 0 Å². The number of hydrogen-bond donors (Lipinski definition) is 2. The number of hydrogen-bond acceptors (Lipinski definition) is 5. The van der Waals surface area contributed by atoms with Crippen LogP contribution in [-0.2, 0) is 38.0 Å². The van der Waals surface area contributed by atoms with Crippen LogP contribution in [0.5, 0.6) is 11.5 Å². The molecule has 0 aliphatic heterocycles. The number of ether oxygens (including phenoxy) is 1. The molecule has 0 saturated carbocycles. The highest BCUT2D eigenvalue weighted by molar-refractivity contribution is 5.83. The average Bonchev–Trinajstić information content (AvgIpc) is 3.14. The molecule has 0 unspecified atom stereocenters. The Bertz CT molecular complexity index is 1880. The Morgan fingerprint density at radius 3 is 1.17 bits per heavy atom. The summed E-state index contributed by atoms with van der Waals surface area (Å²) >= 11 is 0. The maximum atomic E-state index is 12.3. The number of carbonyl (C=O) groups excluding carboxylic acids is 2. The number of aryl methyl sites for hydroxylation is 6. The largest absolute Gasteiger partial charge is 0.508 e. The number of carbonyl (C=O) groups is 2. The number of methoxy groups -OCH3 is 1. The first-order chi connectivity index (χ1) is 25.4. The van der Waals surface area contributed by atoms with Gasteiger partial charge < -0.3 is 14.9 Å². The topological polar surface area (TPSA) is 83.8 Å². The van der Waals surface area contributed by atoms with Gasteiger partial charge in [-0.1, -0.05) is 109 Å². The highest BCUT2D eigenvalue weighted by Gasteiger charge is 2.33. The monoisotopic (exact) mass is 734 g/mol. The molecule has 0 aromatic heterocycles. The lowest BCUT2D eigenvalue weighted by atomic mass is 9.69. The predicted octanol–water partition coefficient (Wildman–Crippen LogP) is 11.9. The summed E-state index contributed by atoms with van der Waals surface area (Å²) in [6, 6.07) is 25.2. The Morgan fingerprint density at radius 2 is 0.870 bits per heavy atom. The van der Waals surface area contributed by atoms with E-state index in [4.69, 9.17) is 4.74 Å². The minimum Gasteiger partial charge on any atom is -0.508 e. The van der Waals surface area contributed by atoms with Crippen LogP contribution in [0.4, 0.5) is 0 Å². The lowest BCUT2D eigenvalue weighted by Crippen LogP contribution is -2.26. The molecule has 0 spiro atoms. The van der Waals surface area contributed by atoms with E-state index in [9.17, 15) is 19.8 Å². The summed E-state index contributed by atoms with van der Waals surface area (Å²) in [7, 11) is 1.43. The summed E-state index contributed by atoms with van der Waals surface area (Å²) in [4.78, 5) is 23.7. The van der Waals surface area contributed by atoms with E-state index in [-0.39, 0.29) is 22.2 Å². The third-order valence-corrected chi connectivity index (χ3v) is 12.0. The minimum atomic E-state index is -0.274. The molecule has 2 N–H and O–H groups in total. The van der Waals surface area contributed by atoms with Crippen molar-refractivity contribution in [1.82, 2.24) is 0 Å². The van der Waals surface area contributed by atoms with Crippen LogP contribution in [0.3, 0.4) is 0 Å². The van der Waals surface area contributed by atoms with E-state index in [0.717, 1.165) is 43.2 Å². The fourth-order valence-electron chi connectivity index (χ4n) is 7.88. The highest BCUT2D eigenvalue weighted by Crippen LogP contribution is 2.42. The standard InChI is InChI=1S/C26H36O2.C23H30O3/c1-8-26(9-2,22-13-14-23(27)19(4)17-22)21-12-10-20(18(3)16-21)11-15-24(28)25(5,6)7;1-6-23(7-2,20-11-12-21(24)17(4)15-20)19-10-8-18(16(3)14-19)9-13-22(25)26-5/h10,12-14,16-17,27H,8-9,11,15H2,1-7H3;8,10-12,14-15,24H,6-7,9,13H2,1-5H3.